The number of benzene rings is 2. The SMILES string of the molecule is COc1ccc(/C=C/C(=O)c2cccc(C#N)c2)cc1OC. The molecule has 4 heteroatoms. The smallest absolute Gasteiger partial charge is 0.185 e. The molecule has 22 heavy (non-hydrogen) atoms. The molecule has 0 unspecified atom stereocenters. The summed E-state index contributed by atoms with van der Waals surface area (Å²) in [5, 5.41) is 8.85. The third-order valence-corrected chi connectivity index (χ3v) is 3.11. The van der Waals surface area contributed by atoms with Gasteiger partial charge in [-0.1, -0.05) is 24.3 Å². The Bertz CT molecular complexity index is 757. The first-order valence-electron chi connectivity index (χ1n) is 6.62. The van der Waals surface area contributed by atoms with Crippen molar-refractivity contribution in [3.8, 4) is 17.6 Å². The van der Waals surface area contributed by atoms with Gasteiger partial charge in [-0.3, -0.25) is 4.79 Å². The Labute approximate surface area is 129 Å². The monoisotopic (exact) mass is 293 g/mol. The summed E-state index contributed by atoms with van der Waals surface area (Å²) >= 11 is 0. The molecule has 2 aromatic carbocycles. The van der Waals surface area contributed by atoms with E-state index >= 15 is 0 Å². The zero-order valence-electron chi connectivity index (χ0n) is 12.4. The second-order valence-electron chi connectivity index (χ2n) is 4.50. The van der Waals surface area contributed by atoms with E-state index < -0.39 is 0 Å². The van der Waals surface area contributed by atoms with E-state index in [1.807, 2.05) is 12.1 Å². The molecule has 0 N–H and O–H groups in total. The number of ether oxygens (including phenoxy) is 2. The van der Waals surface area contributed by atoms with Crippen LogP contribution in [0.25, 0.3) is 6.08 Å². The molecule has 0 fully saturated rings. The molecule has 2 rings (SSSR count). The molecule has 0 aliphatic heterocycles. The highest BCUT2D eigenvalue weighted by Gasteiger charge is 2.05. The highest BCUT2D eigenvalue weighted by molar-refractivity contribution is 6.07. The van der Waals surface area contributed by atoms with Crippen LogP contribution in [-0.4, -0.2) is 20.0 Å². The fourth-order valence-corrected chi connectivity index (χ4v) is 1.97. The first-order valence-corrected chi connectivity index (χ1v) is 6.62. The van der Waals surface area contributed by atoms with Gasteiger partial charge in [-0.2, -0.15) is 5.26 Å². The van der Waals surface area contributed by atoms with E-state index in [2.05, 4.69) is 0 Å². The number of hydrogen-bond acceptors (Lipinski definition) is 4. The van der Waals surface area contributed by atoms with Crippen LogP contribution in [0.4, 0.5) is 0 Å². The average Bonchev–Trinajstić information content (AvgIpc) is 2.59. The van der Waals surface area contributed by atoms with Gasteiger partial charge in [-0.05, 0) is 35.9 Å². The maximum Gasteiger partial charge on any atom is 0.185 e. The van der Waals surface area contributed by atoms with E-state index in [4.69, 9.17) is 14.7 Å². The van der Waals surface area contributed by atoms with Gasteiger partial charge in [0.25, 0.3) is 0 Å². The second kappa shape index (κ2) is 7.09. The fraction of sp³-hybridized carbons (Fsp3) is 0.111. The molecular weight excluding hydrogens is 278 g/mol. The molecule has 0 bridgehead atoms. The molecular formula is C18H15NO3. The predicted molar refractivity (Wildman–Crippen MR) is 84.1 cm³/mol. The number of carbonyl (C=O) groups is 1. The second-order valence-corrected chi connectivity index (χ2v) is 4.50. The van der Waals surface area contributed by atoms with Gasteiger partial charge in [0.05, 0.1) is 25.9 Å². The first-order chi connectivity index (χ1) is 10.7. The Morgan fingerprint density at radius 2 is 1.86 bits per heavy atom. The quantitative estimate of drug-likeness (QED) is 0.625. The topological polar surface area (TPSA) is 59.3 Å². The summed E-state index contributed by atoms with van der Waals surface area (Å²) in [6.45, 7) is 0. The van der Waals surface area contributed by atoms with E-state index in [0.717, 1.165) is 5.56 Å². The molecule has 0 atom stereocenters. The van der Waals surface area contributed by atoms with Gasteiger partial charge in [-0.15, -0.1) is 0 Å². The Hall–Kier alpha value is -3.06. The standard InChI is InChI=1S/C18H15NO3/c1-21-17-9-7-13(11-18(17)22-2)6-8-16(20)15-5-3-4-14(10-15)12-19/h3-11H,1-2H3/b8-6+. The summed E-state index contributed by atoms with van der Waals surface area (Å²) in [5.74, 6) is 1.07. The normalized spacial score (nSPS) is 10.2. The molecule has 0 heterocycles. The molecule has 4 nitrogen and oxygen atoms in total. The minimum atomic E-state index is -0.160. The molecule has 2 aromatic rings. The van der Waals surface area contributed by atoms with Gasteiger partial charge in [-0.25, -0.2) is 0 Å². The van der Waals surface area contributed by atoms with Crippen molar-refractivity contribution >= 4 is 11.9 Å². The lowest BCUT2D eigenvalue weighted by atomic mass is 10.1. The number of rotatable bonds is 5. The third-order valence-electron chi connectivity index (χ3n) is 3.11. The van der Waals surface area contributed by atoms with Crippen molar-refractivity contribution in [2.45, 2.75) is 0 Å². The zero-order chi connectivity index (χ0) is 15.9. The van der Waals surface area contributed by atoms with Gasteiger partial charge < -0.3 is 9.47 Å². The summed E-state index contributed by atoms with van der Waals surface area (Å²) < 4.78 is 10.4. The minimum absolute atomic E-state index is 0.160. The Morgan fingerprint density at radius 1 is 1.09 bits per heavy atom. The molecule has 0 radical (unpaired) electrons. The Balaban J connectivity index is 2.21. The summed E-state index contributed by atoms with van der Waals surface area (Å²) in [7, 11) is 3.13. The van der Waals surface area contributed by atoms with E-state index in [1.54, 1.807) is 56.7 Å². The van der Waals surface area contributed by atoms with Crippen LogP contribution in [0, 0.1) is 11.3 Å². The molecule has 0 saturated heterocycles. The zero-order valence-corrected chi connectivity index (χ0v) is 12.4. The van der Waals surface area contributed by atoms with Crippen LogP contribution in [0.2, 0.25) is 0 Å². The van der Waals surface area contributed by atoms with Crippen molar-refractivity contribution in [2.75, 3.05) is 14.2 Å². The van der Waals surface area contributed by atoms with Crippen LogP contribution < -0.4 is 9.47 Å². The van der Waals surface area contributed by atoms with Gasteiger partial charge in [0.2, 0.25) is 0 Å². The number of nitriles is 1. The van der Waals surface area contributed by atoms with E-state index in [1.165, 1.54) is 6.08 Å². The number of nitrogens with zero attached hydrogens (tertiary/aromatic N) is 1. The van der Waals surface area contributed by atoms with E-state index in [9.17, 15) is 4.79 Å². The van der Waals surface area contributed by atoms with Gasteiger partial charge >= 0.3 is 0 Å². The minimum Gasteiger partial charge on any atom is -0.493 e. The first kappa shape index (κ1) is 15.3. The van der Waals surface area contributed by atoms with Crippen molar-refractivity contribution in [1.82, 2.24) is 0 Å². The maximum atomic E-state index is 12.1. The van der Waals surface area contributed by atoms with Gasteiger partial charge in [0, 0.05) is 5.56 Å². The van der Waals surface area contributed by atoms with Crippen LogP contribution >= 0.6 is 0 Å². The van der Waals surface area contributed by atoms with Gasteiger partial charge in [0.15, 0.2) is 17.3 Å². The molecule has 0 aliphatic carbocycles. The molecule has 0 amide bonds. The summed E-state index contributed by atoms with van der Waals surface area (Å²) in [5.41, 5.74) is 1.77. The third kappa shape index (κ3) is 3.53. The molecule has 110 valence electrons. The lowest BCUT2D eigenvalue weighted by molar-refractivity contribution is 0.104. The largest absolute Gasteiger partial charge is 0.493 e. The average molecular weight is 293 g/mol. The lowest BCUT2D eigenvalue weighted by Gasteiger charge is -2.07. The molecule has 0 saturated carbocycles. The molecule has 0 aliphatic rings. The highest BCUT2D eigenvalue weighted by Crippen LogP contribution is 2.28. The summed E-state index contributed by atoms with van der Waals surface area (Å²) in [6, 6.07) is 14.0. The highest BCUT2D eigenvalue weighted by atomic mass is 16.5. The van der Waals surface area contributed by atoms with Crippen LogP contribution in [-0.2, 0) is 0 Å². The number of ketones is 1. The van der Waals surface area contributed by atoms with Crippen molar-refractivity contribution in [2.24, 2.45) is 0 Å². The number of methoxy groups -OCH3 is 2. The number of hydrogen-bond donors (Lipinski definition) is 0. The number of carbonyl (C=O) groups excluding carboxylic acids is 1. The Morgan fingerprint density at radius 3 is 2.55 bits per heavy atom. The van der Waals surface area contributed by atoms with Gasteiger partial charge in [0.1, 0.15) is 0 Å². The van der Waals surface area contributed by atoms with E-state index in [-0.39, 0.29) is 5.78 Å². The van der Waals surface area contributed by atoms with Crippen molar-refractivity contribution in [3.63, 3.8) is 0 Å². The maximum absolute atomic E-state index is 12.1. The van der Waals surface area contributed by atoms with Crippen molar-refractivity contribution < 1.29 is 14.3 Å². The molecule has 0 aromatic heterocycles. The van der Waals surface area contributed by atoms with Crippen LogP contribution in [0.1, 0.15) is 21.5 Å². The van der Waals surface area contributed by atoms with Crippen LogP contribution in [0.3, 0.4) is 0 Å². The lowest BCUT2D eigenvalue weighted by Crippen LogP contribution is -1.95. The predicted octanol–water partition coefficient (Wildman–Crippen LogP) is 3.47. The number of allylic oxidation sites excluding steroid dienone is 1. The van der Waals surface area contributed by atoms with Crippen molar-refractivity contribution in [3.05, 3.63) is 65.2 Å². The summed E-state index contributed by atoms with van der Waals surface area (Å²) in [4.78, 5) is 12.1. The van der Waals surface area contributed by atoms with Crippen LogP contribution in [0.5, 0.6) is 11.5 Å². The molecule has 0 spiro atoms. The van der Waals surface area contributed by atoms with Crippen LogP contribution in [0.15, 0.2) is 48.5 Å². The Kier molecular flexibility index (Phi) is 4.94. The van der Waals surface area contributed by atoms with E-state index in [0.29, 0.717) is 22.6 Å². The fourth-order valence-electron chi connectivity index (χ4n) is 1.97. The summed E-state index contributed by atoms with van der Waals surface area (Å²) in [6.07, 6.45) is 3.17. The van der Waals surface area contributed by atoms with Crippen molar-refractivity contribution in [1.29, 1.82) is 5.26 Å².